The molecule has 0 bridgehead atoms. The Balaban J connectivity index is 3.49. The highest BCUT2D eigenvalue weighted by molar-refractivity contribution is 7.89. The maximum Gasteiger partial charge on any atom is 0.321 e. The Labute approximate surface area is 115 Å². The summed E-state index contributed by atoms with van der Waals surface area (Å²) in [6, 6.07) is 1.48. The average molecular weight is 302 g/mol. The van der Waals surface area contributed by atoms with Crippen molar-refractivity contribution in [2.75, 3.05) is 0 Å². The number of aryl methyl sites for hydroxylation is 2. The number of hydrogen-bond acceptors (Lipinski definition) is 5. The molecular weight excluding hydrogens is 288 g/mol. The smallest absolute Gasteiger partial charge is 0.321 e. The zero-order valence-electron chi connectivity index (χ0n) is 11.1. The maximum absolute atomic E-state index is 12.2. The second-order valence-electron chi connectivity index (χ2n) is 4.32. The van der Waals surface area contributed by atoms with Crippen LogP contribution in [-0.2, 0) is 14.8 Å². The van der Waals surface area contributed by atoms with Gasteiger partial charge >= 0.3 is 5.97 Å². The van der Waals surface area contributed by atoms with E-state index in [2.05, 4.69) is 0 Å². The summed E-state index contributed by atoms with van der Waals surface area (Å²) in [5.41, 5.74) is -0.188. The number of benzene rings is 1. The van der Waals surface area contributed by atoms with Crippen LogP contribution in [-0.4, -0.2) is 30.5 Å². The molecule has 0 radical (unpaired) electrons. The number of aliphatic carboxylic acids is 1. The molecule has 0 fully saturated rings. The number of nitro benzene ring substituents is 1. The summed E-state index contributed by atoms with van der Waals surface area (Å²) >= 11 is 0. The third-order valence-corrected chi connectivity index (χ3v) is 4.40. The molecule has 0 saturated heterocycles. The molecule has 0 amide bonds. The Kier molecular flexibility index (Phi) is 4.46. The van der Waals surface area contributed by atoms with Crippen molar-refractivity contribution < 1.29 is 23.2 Å². The first-order valence-electron chi connectivity index (χ1n) is 5.57. The molecule has 110 valence electrons. The molecule has 0 spiro atoms. The van der Waals surface area contributed by atoms with Gasteiger partial charge in [-0.15, -0.1) is 0 Å². The highest BCUT2D eigenvalue weighted by Crippen LogP contribution is 2.30. The lowest BCUT2D eigenvalue weighted by atomic mass is 10.1. The Hall–Kier alpha value is -2.00. The number of nitrogens with one attached hydrogen (secondary N) is 1. The normalized spacial score (nSPS) is 12.9. The zero-order chi connectivity index (χ0) is 15.7. The van der Waals surface area contributed by atoms with Crippen molar-refractivity contribution in [3.63, 3.8) is 0 Å². The van der Waals surface area contributed by atoms with Crippen molar-refractivity contribution in [1.82, 2.24) is 4.72 Å². The number of rotatable bonds is 5. The predicted molar refractivity (Wildman–Crippen MR) is 70.0 cm³/mol. The zero-order valence-corrected chi connectivity index (χ0v) is 11.9. The Bertz CT molecular complexity index is 668. The van der Waals surface area contributed by atoms with Gasteiger partial charge in [-0.1, -0.05) is 12.1 Å². The molecule has 0 heterocycles. The van der Waals surface area contributed by atoms with Crippen LogP contribution in [0.3, 0.4) is 0 Å². The first-order valence-corrected chi connectivity index (χ1v) is 7.06. The largest absolute Gasteiger partial charge is 0.480 e. The van der Waals surface area contributed by atoms with E-state index in [1.165, 1.54) is 26.0 Å². The number of carboxylic acid groups (broad SMARTS) is 1. The number of sulfonamides is 1. The lowest BCUT2D eigenvalue weighted by molar-refractivity contribution is -0.388. The second-order valence-corrected chi connectivity index (χ2v) is 5.97. The van der Waals surface area contributed by atoms with Crippen molar-refractivity contribution in [2.45, 2.75) is 31.7 Å². The van der Waals surface area contributed by atoms with Crippen LogP contribution < -0.4 is 4.72 Å². The Morgan fingerprint density at radius 3 is 2.30 bits per heavy atom. The molecule has 0 aliphatic heterocycles. The minimum absolute atomic E-state index is 0.174. The first-order chi connectivity index (χ1) is 9.08. The van der Waals surface area contributed by atoms with E-state index in [1.807, 2.05) is 4.72 Å². The van der Waals surface area contributed by atoms with E-state index in [0.717, 1.165) is 6.92 Å². The van der Waals surface area contributed by atoms with Crippen LogP contribution >= 0.6 is 0 Å². The molecule has 1 aromatic carbocycles. The Morgan fingerprint density at radius 2 is 1.85 bits per heavy atom. The van der Waals surface area contributed by atoms with Crippen LogP contribution in [0.2, 0.25) is 0 Å². The number of nitrogens with zero attached hydrogens (tertiary/aromatic N) is 1. The minimum Gasteiger partial charge on any atom is -0.480 e. The van der Waals surface area contributed by atoms with E-state index in [9.17, 15) is 23.3 Å². The number of nitro groups is 1. The van der Waals surface area contributed by atoms with E-state index in [1.54, 1.807) is 0 Å². The fraction of sp³-hybridized carbons (Fsp3) is 0.364. The molecule has 20 heavy (non-hydrogen) atoms. The SMILES string of the molecule is Cc1ccc(C)c(S(=O)(=O)NC(C)C(=O)O)c1[N+](=O)[O-]. The van der Waals surface area contributed by atoms with Crippen molar-refractivity contribution in [1.29, 1.82) is 0 Å². The summed E-state index contributed by atoms with van der Waals surface area (Å²) in [6.07, 6.45) is 0. The van der Waals surface area contributed by atoms with Crippen molar-refractivity contribution in [3.8, 4) is 0 Å². The highest BCUT2D eigenvalue weighted by Gasteiger charge is 2.32. The minimum atomic E-state index is -4.31. The molecule has 0 aromatic heterocycles. The lowest BCUT2D eigenvalue weighted by Gasteiger charge is -2.13. The van der Waals surface area contributed by atoms with Gasteiger partial charge in [-0.2, -0.15) is 4.72 Å². The van der Waals surface area contributed by atoms with Crippen LogP contribution in [0.25, 0.3) is 0 Å². The van der Waals surface area contributed by atoms with E-state index in [4.69, 9.17) is 5.11 Å². The third-order valence-electron chi connectivity index (χ3n) is 2.68. The molecule has 1 aromatic rings. The summed E-state index contributed by atoms with van der Waals surface area (Å²) in [4.78, 5) is 20.5. The van der Waals surface area contributed by atoms with Crippen LogP contribution in [0.1, 0.15) is 18.1 Å². The van der Waals surface area contributed by atoms with E-state index in [0.29, 0.717) is 0 Å². The molecule has 0 saturated carbocycles. The van der Waals surface area contributed by atoms with Gasteiger partial charge in [-0.3, -0.25) is 14.9 Å². The summed E-state index contributed by atoms with van der Waals surface area (Å²) in [7, 11) is -4.31. The van der Waals surface area contributed by atoms with Gasteiger partial charge in [0.1, 0.15) is 6.04 Å². The molecule has 0 aliphatic rings. The molecule has 1 unspecified atom stereocenters. The van der Waals surface area contributed by atoms with Gasteiger partial charge in [0.25, 0.3) is 5.69 Å². The van der Waals surface area contributed by atoms with Crippen LogP contribution in [0.5, 0.6) is 0 Å². The van der Waals surface area contributed by atoms with Gasteiger partial charge in [0.2, 0.25) is 10.0 Å². The Morgan fingerprint density at radius 1 is 1.35 bits per heavy atom. The monoisotopic (exact) mass is 302 g/mol. The van der Waals surface area contributed by atoms with Crippen molar-refractivity contribution in [2.24, 2.45) is 0 Å². The molecule has 0 aliphatic carbocycles. The number of carboxylic acids is 1. The standard InChI is InChI=1S/C11H14N2O6S/c1-6-4-5-7(2)10(9(6)13(16)17)20(18,19)12-8(3)11(14)15/h4-5,8,12H,1-3H3,(H,14,15). The van der Waals surface area contributed by atoms with Gasteiger partial charge in [0, 0.05) is 5.56 Å². The van der Waals surface area contributed by atoms with E-state index >= 15 is 0 Å². The quantitative estimate of drug-likeness (QED) is 0.616. The molecule has 1 atom stereocenters. The average Bonchev–Trinajstić information content (AvgIpc) is 2.30. The van der Waals surface area contributed by atoms with E-state index in [-0.39, 0.29) is 11.1 Å². The van der Waals surface area contributed by atoms with Crippen LogP contribution in [0, 0.1) is 24.0 Å². The molecule has 1 rings (SSSR count). The summed E-state index contributed by atoms with van der Waals surface area (Å²) in [5.74, 6) is -1.37. The fourth-order valence-corrected chi connectivity index (χ4v) is 3.34. The summed E-state index contributed by atoms with van der Waals surface area (Å²) < 4.78 is 26.2. The van der Waals surface area contributed by atoms with Gasteiger partial charge in [0.15, 0.2) is 4.90 Å². The second kappa shape index (κ2) is 5.55. The number of carbonyl (C=O) groups is 1. The third kappa shape index (κ3) is 3.11. The molecule has 8 nitrogen and oxygen atoms in total. The van der Waals surface area contributed by atoms with Crippen LogP contribution in [0.15, 0.2) is 17.0 Å². The van der Waals surface area contributed by atoms with E-state index < -0.39 is 37.5 Å². The molecular formula is C11H14N2O6S. The lowest BCUT2D eigenvalue weighted by Crippen LogP contribution is -2.38. The van der Waals surface area contributed by atoms with Crippen LogP contribution in [0.4, 0.5) is 5.69 Å². The fourth-order valence-electron chi connectivity index (χ4n) is 1.68. The maximum atomic E-state index is 12.2. The molecule has 2 N–H and O–H groups in total. The summed E-state index contributed by atoms with van der Waals surface area (Å²) in [6.45, 7) is 3.96. The predicted octanol–water partition coefficient (Wildman–Crippen LogP) is 0.963. The van der Waals surface area contributed by atoms with Gasteiger partial charge in [0.05, 0.1) is 4.92 Å². The van der Waals surface area contributed by atoms with Gasteiger partial charge in [-0.05, 0) is 26.3 Å². The summed E-state index contributed by atoms with van der Waals surface area (Å²) in [5, 5.41) is 19.8. The van der Waals surface area contributed by atoms with Crippen molar-refractivity contribution in [3.05, 3.63) is 33.4 Å². The topological polar surface area (TPSA) is 127 Å². The van der Waals surface area contributed by atoms with Gasteiger partial charge < -0.3 is 5.11 Å². The molecule has 9 heteroatoms. The first kappa shape index (κ1) is 16.1. The van der Waals surface area contributed by atoms with Gasteiger partial charge in [-0.25, -0.2) is 8.42 Å². The highest BCUT2D eigenvalue weighted by atomic mass is 32.2. The number of hydrogen-bond donors (Lipinski definition) is 2. The van der Waals surface area contributed by atoms with Crippen molar-refractivity contribution >= 4 is 21.7 Å².